The van der Waals surface area contributed by atoms with Gasteiger partial charge in [-0.15, -0.1) is 24.0 Å². The topological polar surface area (TPSA) is 85.8 Å². The number of aliphatic imine (C=N–C) groups is 1. The fourth-order valence-electron chi connectivity index (χ4n) is 3.79. The van der Waals surface area contributed by atoms with Gasteiger partial charge in [0, 0.05) is 46.7 Å². The molecule has 0 saturated heterocycles. The average Bonchev–Trinajstić information content (AvgIpc) is 3.05. The number of nitrogens with one attached hydrogen (secondary N) is 3. The minimum atomic E-state index is -0.308. The molecule has 2 aliphatic rings. The highest BCUT2D eigenvalue weighted by atomic mass is 127. The van der Waals surface area contributed by atoms with Gasteiger partial charge in [-0.25, -0.2) is 0 Å². The molecule has 0 atom stereocenters. The van der Waals surface area contributed by atoms with E-state index in [2.05, 4.69) is 20.9 Å². The molecule has 27 heavy (non-hydrogen) atoms. The van der Waals surface area contributed by atoms with Crippen LogP contribution in [0.25, 0.3) is 0 Å². The molecule has 2 aliphatic carbocycles. The maximum Gasteiger partial charge on any atom is 0.230 e. The van der Waals surface area contributed by atoms with E-state index in [1.807, 2.05) is 14.1 Å². The fraction of sp³-hybridized carbons (Fsp3) is 0.842. The van der Waals surface area contributed by atoms with Crippen LogP contribution in [0.15, 0.2) is 4.99 Å². The number of hydrogen-bond acceptors (Lipinski definition) is 3. The molecule has 0 aromatic heterocycles. The highest BCUT2D eigenvalue weighted by Gasteiger charge is 2.42. The van der Waals surface area contributed by atoms with Crippen LogP contribution in [0.5, 0.6) is 0 Å². The minimum absolute atomic E-state index is 0. The summed E-state index contributed by atoms with van der Waals surface area (Å²) in [5.74, 6) is 1.36. The normalized spacial score (nSPS) is 18.9. The Labute approximate surface area is 180 Å². The van der Waals surface area contributed by atoms with Gasteiger partial charge in [-0.1, -0.05) is 19.3 Å². The van der Waals surface area contributed by atoms with E-state index in [0.717, 1.165) is 51.5 Å². The standard InChI is InChI=1S/C19H35N5O2.HI/c1-20-18(22-13-7-12-21-16(25)15-8-6-9-15)23-14-19(10-4-5-11-19)17(26)24(2)3;/h15H,4-14H2,1-3H3,(H,21,25)(H2,20,22,23);1H. The number of rotatable bonds is 8. The van der Waals surface area contributed by atoms with E-state index in [4.69, 9.17) is 0 Å². The Bertz CT molecular complexity index is 514. The first-order valence-corrected chi connectivity index (χ1v) is 9.92. The minimum Gasteiger partial charge on any atom is -0.356 e. The predicted molar refractivity (Wildman–Crippen MR) is 119 cm³/mol. The van der Waals surface area contributed by atoms with Crippen molar-refractivity contribution < 1.29 is 9.59 Å². The van der Waals surface area contributed by atoms with Gasteiger partial charge in [-0.05, 0) is 32.1 Å². The Balaban J connectivity index is 0.00000364. The summed E-state index contributed by atoms with van der Waals surface area (Å²) in [5, 5.41) is 9.60. The lowest BCUT2D eigenvalue weighted by Crippen LogP contribution is -2.49. The molecule has 0 radical (unpaired) electrons. The summed E-state index contributed by atoms with van der Waals surface area (Å²) >= 11 is 0. The van der Waals surface area contributed by atoms with Crippen LogP contribution in [0.2, 0.25) is 0 Å². The molecule has 0 spiro atoms. The quantitative estimate of drug-likeness (QED) is 0.208. The summed E-state index contributed by atoms with van der Waals surface area (Å²) in [4.78, 5) is 30.3. The van der Waals surface area contributed by atoms with Gasteiger partial charge in [0.05, 0.1) is 5.41 Å². The second-order valence-corrected chi connectivity index (χ2v) is 7.81. The number of nitrogens with zero attached hydrogens (tertiary/aromatic N) is 2. The van der Waals surface area contributed by atoms with Gasteiger partial charge in [0.1, 0.15) is 0 Å². The van der Waals surface area contributed by atoms with Crippen LogP contribution >= 0.6 is 24.0 Å². The molecule has 0 unspecified atom stereocenters. The van der Waals surface area contributed by atoms with Gasteiger partial charge < -0.3 is 20.9 Å². The lowest BCUT2D eigenvalue weighted by molar-refractivity contribution is -0.138. The molecule has 7 nitrogen and oxygen atoms in total. The molecule has 2 rings (SSSR count). The molecule has 2 amide bonds. The van der Waals surface area contributed by atoms with Crippen LogP contribution in [0.4, 0.5) is 0 Å². The molecule has 8 heteroatoms. The molecular weight excluding hydrogens is 457 g/mol. The second-order valence-electron chi connectivity index (χ2n) is 7.81. The number of hydrogen-bond donors (Lipinski definition) is 3. The van der Waals surface area contributed by atoms with Crippen molar-refractivity contribution in [2.45, 2.75) is 51.4 Å². The van der Waals surface area contributed by atoms with Gasteiger partial charge in [0.15, 0.2) is 5.96 Å². The summed E-state index contributed by atoms with van der Waals surface area (Å²) in [6, 6.07) is 0. The van der Waals surface area contributed by atoms with Crippen molar-refractivity contribution in [2.24, 2.45) is 16.3 Å². The molecule has 2 saturated carbocycles. The van der Waals surface area contributed by atoms with E-state index in [-0.39, 0.29) is 47.1 Å². The Morgan fingerprint density at radius 1 is 1.04 bits per heavy atom. The van der Waals surface area contributed by atoms with Crippen molar-refractivity contribution in [3.8, 4) is 0 Å². The first-order valence-electron chi connectivity index (χ1n) is 9.92. The van der Waals surface area contributed by atoms with E-state index < -0.39 is 0 Å². The third-order valence-corrected chi connectivity index (χ3v) is 5.66. The maximum absolute atomic E-state index is 12.6. The zero-order chi connectivity index (χ0) is 19.0. The average molecular weight is 493 g/mol. The highest BCUT2D eigenvalue weighted by Crippen LogP contribution is 2.38. The maximum atomic E-state index is 12.6. The molecule has 0 aliphatic heterocycles. The van der Waals surface area contributed by atoms with Gasteiger partial charge in [0.2, 0.25) is 11.8 Å². The molecular formula is C19H36IN5O2. The first kappa shape index (κ1) is 24.0. The Morgan fingerprint density at radius 2 is 1.67 bits per heavy atom. The fourth-order valence-corrected chi connectivity index (χ4v) is 3.79. The van der Waals surface area contributed by atoms with Crippen molar-refractivity contribution in [3.05, 3.63) is 0 Å². The van der Waals surface area contributed by atoms with Crippen LogP contribution < -0.4 is 16.0 Å². The van der Waals surface area contributed by atoms with E-state index in [1.54, 1.807) is 11.9 Å². The lowest BCUT2D eigenvalue weighted by Gasteiger charge is -2.31. The first-order chi connectivity index (χ1) is 12.5. The van der Waals surface area contributed by atoms with Gasteiger partial charge >= 0.3 is 0 Å². The van der Waals surface area contributed by atoms with Crippen LogP contribution in [-0.2, 0) is 9.59 Å². The Hall–Kier alpha value is -1.06. The molecule has 2 fully saturated rings. The van der Waals surface area contributed by atoms with Gasteiger partial charge in [0.25, 0.3) is 0 Å². The molecule has 0 heterocycles. The lowest BCUT2D eigenvalue weighted by atomic mass is 9.84. The van der Waals surface area contributed by atoms with Crippen LogP contribution in [-0.4, -0.2) is 63.5 Å². The summed E-state index contributed by atoms with van der Waals surface area (Å²) in [5.41, 5.74) is -0.308. The van der Waals surface area contributed by atoms with Crippen molar-refractivity contribution in [1.29, 1.82) is 0 Å². The summed E-state index contributed by atoms with van der Waals surface area (Å²) in [6.07, 6.45) is 8.17. The van der Waals surface area contributed by atoms with Crippen molar-refractivity contribution in [1.82, 2.24) is 20.9 Å². The number of carbonyl (C=O) groups is 2. The Morgan fingerprint density at radius 3 is 2.19 bits per heavy atom. The van der Waals surface area contributed by atoms with Crippen molar-refractivity contribution in [2.75, 3.05) is 40.8 Å². The zero-order valence-electron chi connectivity index (χ0n) is 17.0. The summed E-state index contributed by atoms with van der Waals surface area (Å²) < 4.78 is 0. The third-order valence-electron chi connectivity index (χ3n) is 5.66. The molecule has 0 aromatic carbocycles. The smallest absolute Gasteiger partial charge is 0.230 e. The number of carbonyl (C=O) groups excluding carboxylic acids is 2. The van der Waals surface area contributed by atoms with E-state index >= 15 is 0 Å². The van der Waals surface area contributed by atoms with Crippen LogP contribution in [0, 0.1) is 11.3 Å². The molecule has 0 aromatic rings. The second kappa shape index (κ2) is 11.7. The zero-order valence-corrected chi connectivity index (χ0v) is 19.3. The van der Waals surface area contributed by atoms with Gasteiger partial charge in [-0.2, -0.15) is 0 Å². The Kier molecular flexibility index (Phi) is 10.4. The predicted octanol–water partition coefficient (Wildman–Crippen LogP) is 1.72. The van der Waals surface area contributed by atoms with Crippen molar-refractivity contribution in [3.63, 3.8) is 0 Å². The molecule has 0 bridgehead atoms. The van der Waals surface area contributed by atoms with Gasteiger partial charge in [-0.3, -0.25) is 14.6 Å². The van der Waals surface area contributed by atoms with E-state index in [1.165, 1.54) is 6.42 Å². The number of halogens is 1. The SMILES string of the molecule is CN=C(NCCCNC(=O)C1CCC1)NCC1(C(=O)N(C)C)CCCC1.I. The number of amides is 2. The monoisotopic (exact) mass is 493 g/mol. The van der Waals surface area contributed by atoms with Crippen molar-refractivity contribution >= 4 is 41.8 Å². The largest absolute Gasteiger partial charge is 0.356 e. The van der Waals surface area contributed by atoms with E-state index in [0.29, 0.717) is 19.0 Å². The third kappa shape index (κ3) is 6.80. The van der Waals surface area contributed by atoms with Crippen LogP contribution in [0.1, 0.15) is 51.4 Å². The van der Waals surface area contributed by atoms with Crippen LogP contribution in [0.3, 0.4) is 0 Å². The summed E-state index contributed by atoms with van der Waals surface area (Å²) in [7, 11) is 5.39. The van der Waals surface area contributed by atoms with E-state index in [9.17, 15) is 9.59 Å². The summed E-state index contributed by atoms with van der Waals surface area (Å²) in [6.45, 7) is 2.03. The molecule has 3 N–H and O–H groups in total. The highest BCUT2D eigenvalue weighted by molar-refractivity contribution is 14.0. The number of guanidine groups is 1. The molecule has 156 valence electrons.